The molecule has 0 aromatic heterocycles. The van der Waals surface area contributed by atoms with E-state index in [4.69, 9.17) is 11.6 Å². The Morgan fingerprint density at radius 2 is 2.00 bits per heavy atom. The lowest BCUT2D eigenvalue weighted by atomic mass is 10.2. The van der Waals surface area contributed by atoms with Crippen molar-refractivity contribution in [1.29, 1.82) is 0 Å². The average Bonchev–Trinajstić information content (AvgIpc) is 2.17. The van der Waals surface area contributed by atoms with Crippen molar-refractivity contribution < 1.29 is 4.39 Å². The third kappa shape index (κ3) is 4.01. The number of alkyl halides is 2. The van der Waals surface area contributed by atoms with Crippen molar-refractivity contribution in [2.75, 3.05) is 12.4 Å². The van der Waals surface area contributed by atoms with Gasteiger partial charge in [0.25, 0.3) is 0 Å². The summed E-state index contributed by atoms with van der Waals surface area (Å²) in [4.78, 5) is 0.392. The Bertz CT molecular complexity index is 248. The van der Waals surface area contributed by atoms with Crippen LogP contribution in [0, 0.1) is 0 Å². The minimum Gasteiger partial charge on any atom is -0.249 e. The lowest BCUT2D eigenvalue weighted by molar-refractivity contribution is 0.430. The van der Waals surface area contributed by atoms with Crippen LogP contribution in [-0.2, 0) is 0 Å². The number of halogens is 2. The topological polar surface area (TPSA) is 0 Å². The molecule has 0 fully saturated rings. The summed E-state index contributed by atoms with van der Waals surface area (Å²) in [6.07, 6.45) is 0. The van der Waals surface area contributed by atoms with Crippen LogP contribution in [-0.4, -0.2) is 17.3 Å². The molecular weight excluding hydrogens is 207 g/mol. The minimum atomic E-state index is -0.736. The van der Waals surface area contributed by atoms with Crippen LogP contribution in [0.5, 0.6) is 0 Å². The maximum atomic E-state index is 12.3. The summed E-state index contributed by atoms with van der Waals surface area (Å²) >= 11 is 7.45. The fourth-order valence-corrected chi connectivity index (χ4v) is 1.85. The van der Waals surface area contributed by atoms with Crippen molar-refractivity contribution in [3.63, 3.8) is 0 Å². The smallest absolute Gasteiger partial charge is 0.109 e. The molecule has 0 amide bonds. The van der Waals surface area contributed by atoms with Crippen LogP contribution in [0.2, 0.25) is 0 Å². The second-order valence-corrected chi connectivity index (χ2v) is 5.11. The van der Waals surface area contributed by atoms with Gasteiger partial charge in [-0.15, -0.1) is 23.4 Å². The molecule has 0 aliphatic heterocycles. The van der Waals surface area contributed by atoms with E-state index in [9.17, 15) is 4.39 Å². The van der Waals surface area contributed by atoms with Crippen LogP contribution in [0.3, 0.4) is 0 Å². The van der Waals surface area contributed by atoms with E-state index in [1.165, 1.54) is 0 Å². The predicted molar refractivity (Wildman–Crippen MR) is 57.4 cm³/mol. The molecule has 1 rings (SSSR count). The molecule has 0 saturated heterocycles. The highest BCUT2D eigenvalue weighted by atomic mass is 35.5. The average molecular weight is 219 g/mol. The van der Waals surface area contributed by atoms with Gasteiger partial charge in [0.1, 0.15) is 6.67 Å². The maximum absolute atomic E-state index is 12.3. The van der Waals surface area contributed by atoms with Gasteiger partial charge in [-0.1, -0.05) is 18.2 Å². The fraction of sp³-hybridized carbons (Fsp3) is 0.400. The van der Waals surface area contributed by atoms with Crippen molar-refractivity contribution in [2.24, 2.45) is 0 Å². The number of hydrogen-bond donors (Lipinski definition) is 0. The van der Waals surface area contributed by atoms with E-state index in [1.807, 2.05) is 30.3 Å². The van der Waals surface area contributed by atoms with Crippen molar-refractivity contribution in [1.82, 2.24) is 0 Å². The van der Waals surface area contributed by atoms with E-state index in [2.05, 4.69) is 0 Å². The third-order valence-corrected chi connectivity index (χ3v) is 3.34. The van der Waals surface area contributed by atoms with Gasteiger partial charge in [0, 0.05) is 10.6 Å². The van der Waals surface area contributed by atoms with Crippen molar-refractivity contribution >= 4 is 23.4 Å². The molecule has 0 aliphatic rings. The maximum Gasteiger partial charge on any atom is 0.109 e. The second kappa shape index (κ2) is 4.87. The molecule has 0 spiro atoms. The number of rotatable bonds is 4. The third-order valence-electron chi connectivity index (χ3n) is 1.56. The number of thioether (sulfide) groups is 1. The van der Waals surface area contributed by atoms with Gasteiger partial charge in [0.05, 0.1) is 4.87 Å². The Hall–Kier alpha value is -0.210. The van der Waals surface area contributed by atoms with E-state index in [1.54, 1.807) is 18.7 Å². The highest BCUT2D eigenvalue weighted by Crippen LogP contribution is 2.26. The zero-order valence-corrected chi connectivity index (χ0v) is 9.04. The molecule has 13 heavy (non-hydrogen) atoms. The van der Waals surface area contributed by atoms with Crippen LogP contribution in [0.15, 0.2) is 35.2 Å². The molecule has 0 heterocycles. The van der Waals surface area contributed by atoms with Crippen molar-refractivity contribution in [2.45, 2.75) is 16.7 Å². The minimum absolute atomic E-state index is 0.492. The summed E-state index contributed by atoms with van der Waals surface area (Å²) in [5, 5.41) is 0. The van der Waals surface area contributed by atoms with Gasteiger partial charge in [-0.05, 0) is 19.1 Å². The Kier molecular flexibility index (Phi) is 4.07. The Labute approximate surface area is 87.5 Å². The summed E-state index contributed by atoms with van der Waals surface area (Å²) in [6.45, 7) is 1.22. The molecule has 1 aromatic carbocycles. The van der Waals surface area contributed by atoms with Crippen LogP contribution < -0.4 is 0 Å². The molecule has 0 bridgehead atoms. The first-order valence-electron chi connectivity index (χ1n) is 4.07. The largest absolute Gasteiger partial charge is 0.249 e. The molecule has 1 aromatic rings. The highest BCUT2D eigenvalue weighted by Gasteiger charge is 2.20. The Morgan fingerprint density at radius 3 is 2.54 bits per heavy atom. The van der Waals surface area contributed by atoms with Crippen molar-refractivity contribution in [3.05, 3.63) is 30.3 Å². The van der Waals surface area contributed by atoms with Gasteiger partial charge in [0.2, 0.25) is 0 Å². The van der Waals surface area contributed by atoms with Gasteiger partial charge in [0.15, 0.2) is 0 Å². The molecular formula is C10H12ClFS. The predicted octanol–water partition coefficient (Wildman–Crippen LogP) is 3.75. The summed E-state index contributed by atoms with van der Waals surface area (Å²) in [7, 11) is 0. The van der Waals surface area contributed by atoms with Gasteiger partial charge in [-0.3, -0.25) is 0 Å². The fourth-order valence-electron chi connectivity index (χ4n) is 0.789. The molecule has 1 unspecified atom stereocenters. The van der Waals surface area contributed by atoms with E-state index in [0.717, 1.165) is 4.90 Å². The Balaban J connectivity index is 2.44. The van der Waals surface area contributed by atoms with Gasteiger partial charge >= 0.3 is 0 Å². The molecule has 3 heteroatoms. The van der Waals surface area contributed by atoms with Crippen molar-refractivity contribution in [3.8, 4) is 0 Å². The quantitative estimate of drug-likeness (QED) is 0.548. The Morgan fingerprint density at radius 1 is 1.38 bits per heavy atom. The molecule has 0 saturated carbocycles. The summed E-state index contributed by atoms with van der Waals surface area (Å²) in [5.41, 5.74) is 0. The SMILES string of the molecule is CC(Cl)(CF)CSc1ccccc1. The zero-order valence-electron chi connectivity index (χ0n) is 7.47. The molecule has 0 radical (unpaired) electrons. The first kappa shape index (κ1) is 10.9. The molecule has 72 valence electrons. The zero-order chi connectivity index (χ0) is 9.73. The second-order valence-electron chi connectivity index (χ2n) is 3.15. The highest BCUT2D eigenvalue weighted by molar-refractivity contribution is 7.99. The number of benzene rings is 1. The van der Waals surface area contributed by atoms with E-state index in [0.29, 0.717) is 5.75 Å². The summed E-state index contributed by atoms with van der Waals surface area (Å²) in [5.74, 6) is 0.592. The standard InChI is InChI=1S/C10H12ClFS/c1-10(11,7-12)8-13-9-5-3-2-4-6-9/h2-6H,7-8H2,1H3. The van der Waals surface area contributed by atoms with Crippen LogP contribution in [0.1, 0.15) is 6.92 Å². The van der Waals surface area contributed by atoms with Crippen LogP contribution in [0.4, 0.5) is 4.39 Å². The molecule has 0 N–H and O–H groups in total. The lowest BCUT2D eigenvalue weighted by Gasteiger charge is -2.16. The van der Waals surface area contributed by atoms with E-state index < -0.39 is 11.5 Å². The molecule has 0 nitrogen and oxygen atoms in total. The first-order valence-corrected chi connectivity index (χ1v) is 5.43. The first-order chi connectivity index (χ1) is 6.14. The summed E-state index contributed by atoms with van der Waals surface area (Å²) < 4.78 is 12.3. The number of hydrogen-bond acceptors (Lipinski definition) is 1. The van der Waals surface area contributed by atoms with Gasteiger partial charge < -0.3 is 0 Å². The molecule has 1 atom stereocenters. The monoisotopic (exact) mass is 218 g/mol. The molecule has 0 aliphatic carbocycles. The van der Waals surface area contributed by atoms with Crippen LogP contribution >= 0.6 is 23.4 Å². The van der Waals surface area contributed by atoms with Gasteiger partial charge in [-0.25, -0.2) is 4.39 Å². The van der Waals surface area contributed by atoms with Crippen LogP contribution in [0.25, 0.3) is 0 Å². The van der Waals surface area contributed by atoms with E-state index >= 15 is 0 Å². The summed E-state index contributed by atoms with van der Waals surface area (Å²) in [6, 6.07) is 9.87. The van der Waals surface area contributed by atoms with Gasteiger partial charge in [-0.2, -0.15) is 0 Å². The normalized spacial score (nSPS) is 15.3. The van der Waals surface area contributed by atoms with E-state index in [-0.39, 0.29) is 0 Å². The lowest BCUT2D eigenvalue weighted by Crippen LogP contribution is -2.22.